The van der Waals surface area contributed by atoms with Gasteiger partial charge in [-0.25, -0.2) is 0 Å². The van der Waals surface area contributed by atoms with Crippen molar-refractivity contribution >= 4 is 14.2 Å². The molecule has 1 atom stereocenters. The van der Waals surface area contributed by atoms with E-state index in [1.54, 1.807) is 6.08 Å². The molecule has 3 nitrogen and oxygen atoms in total. The minimum atomic E-state index is -1.52. The number of carboxylic acid groups (broad SMARTS) is 1. The van der Waals surface area contributed by atoms with Crippen molar-refractivity contribution < 1.29 is 9.90 Å². The quantitative estimate of drug-likeness (QED) is 0.544. The maximum Gasteiger partial charge on any atom is 0.320 e. The van der Waals surface area contributed by atoms with Gasteiger partial charge in [0.1, 0.15) is 14.3 Å². The van der Waals surface area contributed by atoms with Gasteiger partial charge in [0.05, 0.1) is 0 Å². The van der Waals surface area contributed by atoms with Crippen LogP contribution in [0.2, 0.25) is 19.6 Å². The number of nitrogens with zero attached hydrogens (tertiary/aromatic N) is 1. The lowest BCUT2D eigenvalue weighted by Crippen LogP contribution is -2.52. The zero-order valence-electron chi connectivity index (χ0n) is 8.87. The van der Waals surface area contributed by atoms with Crippen LogP contribution >= 0.6 is 0 Å². The van der Waals surface area contributed by atoms with Crippen molar-refractivity contribution in [3.63, 3.8) is 0 Å². The van der Waals surface area contributed by atoms with Crippen molar-refractivity contribution in [2.24, 2.45) is 0 Å². The Morgan fingerprint density at radius 2 is 2.08 bits per heavy atom. The Kier molecular flexibility index (Phi) is 4.36. The van der Waals surface area contributed by atoms with Crippen molar-refractivity contribution in [3.05, 3.63) is 12.7 Å². The predicted molar refractivity (Wildman–Crippen MR) is 57.3 cm³/mol. The Bertz CT molecular complexity index is 198. The van der Waals surface area contributed by atoms with Gasteiger partial charge in [0.25, 0.3) is 0 Å². The van der Waals surface area contributed by atoms with Gasteiger partial charge >= 0.3 is 5.97 Å². The maximum absolute atomic E-state index is 10.9. The van der Waals surface area contributed by atoms with E-state index in [9.17, 15) is 4.79 Å². The van der Waals surface area contributed by atoms with Crippen LogP contribution in [0.5, 0.6) is 0 Å². The van der Waals surface area contributed by atoms with E-state index in [4.69, 9.17) is 5.11 Å². The first-order chi connectivity index (χ1) is 5.80. The molecule has 0 aromatic carbocycles. The van der Waals surface area contributed by atoms with Crippen LogP contribution in [0.4, 0.5) is 0 Å². The fraction of sp³-hybridized carbons (Fsp3) is 0.667. The standard InChI is InChI=1S/C9H19NO2Si/c1-6-7-8(9(11)12)10(2)13(3,4)5/h6,8H,1,7H2,2-5H3,(H,11,12). The van der Waals surface area contributed by atoms with Gasteiger partial charge in [-0.2, -0.15) is 0 Å². The highest BCUT2D eigenvalue weighted by atomic mass is 28.3. The van der Waals surface area contributed by atoms with Crippen LogP contribution in [0.3, 0.4) is 0 Å². The molecule has 0 saturated carbocycles. The van der Waals surface area contributed by atoms with E-state index >= 15 is 0 Å². The van der Waals surface area contributed by atoms with E-state index in [2.05, 4.69) is 26.2 Å². The second-order valence-electron chi connectivity index (χ2n) is 4.16. The van der Waals surface area contributed by atoms with E-state index in [-0.39, 0.29) is 0 Å². The lowest BCUT2D eigenvalue weighted by atomic mass is 10.2. The number of aliphatic carboxylic acids is 1. The number of carbonyl (C=O) groups is 1. The molecule has 0 saturated heterocycles. The maximum atomic E-state index is 10.9. The monoisotopic (exact) mass is 201 g/mol. The van der Waals surface area contributed by atoms with Crippen LogP contribution in [0, 0.1) is 0 Å². The zero-order valence-corrected chi connectivity index (χ0v) is 9.87. The summed E-state index contributed by atoms with van der Waals surface area (Å²) >= 11 is 0. The van der Waals surface area contributed by atoms with Gasteiger partial charge in [-0.15, -0.1) is 6.58 Å². The molecule has 0 aliphatic heterocycles. The van der Waals surface area contributed by atoms with Crippen LogP contribution in [-0.4, -0.2) is 37.0 Å². The molecule has 0 aromatic heterocycles. The van der Waals surface area contributed by atoms with Crippen molar-refractivity contribution in [1.29, 1.82) is 0 Å². The molecule has 4 heteroatoms. The fourth-order valence-corrected chi connectivity index (χ4v) is 2.20. The molecule has 0 radical (unpaired) electrons. The predicted octanol–water partition coefficient (Wildman–Crippen LogP) is 1.78. The summed E-state index contributed by atoms with van der Waals surface area (Å²) in [6.07, 6.45) is 2.17. The molecule has 0 spiro atoms. The summed E-state index contributed by atoms with van der Waals surface area (Å²) in [7, 11) is 0.364. The highest BCUT2D eigenvalue weighted by molar-refractivity contribution is 6.73. The molecule has 13 heavy (non-hydrogen) atoms. The highest BCUT2D eigenvalue weighted by Gasteiger charge is 2.30. The van der Waals surface area contributed by atoms with E-state index in [0.29, 0.717) is 6.42 Å². The third kappa shape index (κ3) is 3.74. The second-order valence-corrected chi connectivity index (χ2v) is 9.21. The largest absolute Gasteiger partial charge is 0.480 e. The van der Waals surface area contributed by atoms with Gasteiger partial charge in [0.15, 0.2) is 0 Å². The fourth-order valence-electron chi connectivity index (χ4n) is 1.05. The van der Waals surface area contributed by atoms with Gasteiger partial charge in [0, 0.05) is 0 Å². The Morgan fingerprint density at radius 1 is 1.62 bits per heavy atom. The molecule has 1 N–H and O–H groups in total. The third-order valence-corrected chi connectivity index (χ3v) is 4.63. The summed E-state index contributed by atoms with van der Waals surface area (Å²) in [5.41, 5.74) is 0. The number of hydrogen-bond acceptors (Lipinski definition) is 2. The SMILES string of the molecule is C=CCC(C(=O)O)N(C)[Si](C)(C)C. The van der Waals surface area contributed by atoms with Crippen LogP contribution in [0.15, 0.2) is 12.7 Å². The van der Waals surface area contributed by atoms with Crippen LogP contribution < -0.4 is 0 Å². The van der Waals surface area contributed by atoms with Crippen LogP contribution in [-0.2, 0) is 4.79 Å². The number of hydrogen-bond donors (Lipinski definition) is 1. The molecule has 0 bridgehead atoms. The first-order valence-electron chi connectivity index (χ1n) is 4.37. The molecule has 0 aromatic rings. The lowest BCUT2D eigenvalue weighted by Gasteiger charge is -2.34. The summed E-state index contributed by atoms with van der Waals surface area (Å²) in [6.45, 7) is 9.97. The molecule has 0 aliphatic carbocycles. The second kappa shape index (κ2) is 4.57. The Morgan fingerprint density at radius 3 is 2.31 bits per heavy atom. The Balaban J connectivity index is 4.55. The number of likely N-dealkylation sites (N-methyl/N-ethyl adjacent to an activating group) is 1. The lowest BCUT2D eigenvalue weighted by molar-refractivity contribution is -0.141. The average molecular weight is 201 g/mol. The van der Waals surface area contributed by atoms with Crippen LogP contribution in [0.25, 0.3) is 0 Å². The van der Waals surface area contributed by atoms with Gasteiger partial charge in [-0.3, -0.25) is 4.79 Å². The topological polar surface area (TPSA) is 40.5 Å². The van der Waals surface area contributed by atoms with Crippen LogP contribution in [0.1, 0.15) is 6.42 Å². The highest BCUT2D eigenvalue weighted by Crippen LogP contribution is 2.13. The minimum absolute atomic E-state index is 0.413. The number of rotatable bonds is 5. The summed E-state index contributed by atoms with van der Waals surface area (Å²) in [5.74, 6) is -0.759. The molecule has 76 valence electrons. The van der Waals surface area contributed by atoms with Crippen molar-refractivity contribution in [3.8, 4) is 0 Å². The van der Waals surface area contributed by atoms with Crippen molar-refractivity contribution in [2.75, 3.05) is 7.05 Å². The Labute approximate surface area is 81.1 Å². The number of carboxylic acids is 1. The first kappa shape index (κ1) is 12.4. The molecular formula is C9H19NO2Si. The van der Waals surface area contributed by atoms with Gasteiger partial charge in [0.2, 0.25) is 0 Å². The summed E-state index contributed by atoms with van der Waals surface area (Å²) < 4.78 is 1.98. The molecule has 1 unspecified atom stereocenters. The van der Waals surface area contributed by atoms with Crippen molar-refractivity contribution in [2.45, 2.75) is 32.1 Å². The van der Waals surface area contributed by atoms with E-state index in [1.165, 1.54) is 0 Å². The Hall–Kier alpha value is -0.613. The third-order valence-electron chi connectivity index (χ3n) is 2.20. The minimum Gasteiger partial charge on any atom is -0.480 e. The molecule has 0 fully saturated rings. The molecule has 0 aliphatic rings. The van der Waals surface area contributed by atoms with E-state index in [1.807, 2.05) is 11.6 Å². The average Bonchev–Trinajstić information content (AvgIpc) is 1.96. The van der Waals surface area contributed by atoms with Gasteiger partial charge in [-0.1, -0.05) is 25.7 Å². The zero-order chi connectivity index (χ0) is 10.6. The molecule has 0 rings (SSSR count). The van der Waals surface area contributed by atoms with Gasteiger partial charge < -0.3 is 9.67 Å². The van der Waals surface area contributed by atoms with Crippen molar-refractivity contribution in [1.82, 2.24) is 4.57 Å². The normalized spacial score (nSPS) is 14.2. The summed E-state index contributed by atoms with van der Waals surface area (Å²) in [5, 5.41) is 8.97. The van der Waals surface area contributed by atoms with Gasteiger partial charge in [-0.05, 0) is 13.5 Å². The molecule has 0 amide bonds. The molecular weight excluding hydrogens is 182 g/mol. The summed E-state index contributed by atoms with van der Waals surface area (Å²) in [4.78, 5) is 10.9. The summed E-state index contributed by atoms with van der Waals surface area (Å²) in [6, 6.07) is -0.413. The smallest absolute Gasteiger partial charge is 0.320 e. The first-order valence-corrected chi connectivity index (χ1v) is 7.82. The molecule has 0 heterocycles. The van der Waals surface area contributed by atoms with E-state index in [0.717, 1.165) is 0 Å². The van der Waals surface area contributed by atoms with E-state index < -0.39 is 20.2 Å².